The second-order valence-electron chi connectivity index (χ2n) is 6.00. The van der Waals surface area contributed by atoms with Crippen molar-refractivity contribution in [3.63, 3.8) is 0 Å². The molecule has 120 valence electrons. The highest BCUT2D eigenvalue weighted by molar-refractivity contribution is 6.30. The highest BCUT2D eigenvalue weighted by atomic mass is 35.5. The molecule has 1 heterocycles. The van der Waals surface area contributed by atoms with Crippen molar-refractivity contribution in [2.45, 2.75) is 38.3 Å². The standard InChI is InChI=1S/C19H20ClNO2/c1-14-7-12-17(13-15-8-10-16(20)11-9-15)21(14)19(22)23-18-5-3-2-4-6-18/h2-6,8-11,14,17H,7,12-13H2,1H3. The second kappa shape index (κ2) is 7.05. The highest BCUT2D eigenvalue weighted by Gasteiger charge is 2.35. The average Bonchev–Trinajstić information content (AvgIpc) is 2.91. The number of halogens is 1. The Labute approximate surface area is 141 Å². The van der Waals surface area contributed by atoms with Gasteiger partial charge in [0.15, 0.2) is 0 Å². The topological polar surface area (TPSA) is 29.5 Å². The molecule has 1 amide bonds. The van der Waals surface area contributed by atoms with Crippen LogP contribution < -0.4 is 4.74 Å². The van der Waals surface area contributed by atoms with E-state index in [1.165, 1.54) is 5.56 Å². The molecule has 4 heteroatoms. The molecule has 1 aliphatic heterocycles. The molecular weight excluding hydrogens is 310 g/mol. The van der Waals surface area contributed by atoms with E-state index in [0.717, 1.165) is 24.3 Å². The Morgan fingerprint density at radius 1 is 1.13 bits per heavy atom. The molecule has 3 rings (SSSR count). The smallest absolute Gasteiger partial charge is 0.410 e. The first-order valence-corrected chi connectivity index (χ1v) is 8.31. The molecule has 0 N–H and O–H groups in total. The predicted octanol–water partition coefficient (Wildman–Crippen LogP) is 4.93. The zero-order chi connectivity index (χ0) is 16.2. The van der Waals surface area contributed by atoms with Crippen molar-refractivity contribution in [2.24, 2.45) is 0 Å². The van der Waals surface area contributed by atoms with Crippen LogP contribution in [0.3, 0.4) is 0 Å². The van der Waals surface area contributed by atoms with Crippen molar-refractivity contribution in [1.29, 1.82) is 0 Å². The van der Waals surface area contributed by atoms with Gasteiger partial charge in [0.2, 0.25) is 0 Å². The maximum absolute atomic E-state index is 12.6. The van der Waals surface area contributed by atoms with Crippen molar-refractivity contribution in [1.82, 2.24) is 4.90 Å². The van der Waals surface area contributed by atoms with Crippen LogP contribution in [0, 0.1) is 0 Å². The van der Waals surface area contributed by atoms with Gasteiger partial charge in [0.25, 0.3) is 0 Å². The number of rotatable bonds is 3. The number of benzene rings is 2. The zero-order valence-corrected chi connectivity index (χ0v) is 13.9. The SMILES string of the molecule is CC1CCC(Cc2ccc(Cl)cc2)N1C(=O)Oc1ccccc1. The van der Waals surface area contributed by atoms with E-state index in [-0.39, 0.29) is 18.2 Å². The number of amides is 1. The van der Waals surface area contributed by atoms with E-state index < -0.39 is 0 Å². The van der Waals surface area contributed by atoms with Crippen molar-refractivity contribution in [2.75, 3.05) is 0 Å². The number of nitrogens with zero attached hydrogens (tertiary/aromatic N) is 1. The molecule has 1 aliphatic rings. The molecule has 0 aliphatic carbocycles. The van der Waals surface area contributed by atoms with Crippen molar-refractivity contribution >= 4 is 17.7 Å². The molecule has 0 radical (unpaired) electrons. The number of para-hydroxylation sites is 1. The average molecular weight is 330 g/mol. The van der Waals surface area contributed by atoms with Gasteiger partial charge in [0.05, 0.1) is 0 Å². The summed E-state index contributed by atoms with van der Waals surface area (Å²) in [5.74, 6) is 0.585. The van der Waals surface area contributed by atoms with E-state index in [9.17, 15) is 4.79 Å². The maximum atomic E-state index is 12.6. The number of carbonyl (C=O) groups is 1. The maximum Gasteiger partial charge on any atom is 0.415 e. The molecule has 2 atom stereocenters. The van der Waals surface area contributed by atoms with Crippen LogP contribution >= 0.6 is 11.6 Å². The Bertz CT molecular complexity index is 657. The fourth-order valence-electron chi connectivity index (χ4n) is 3.14. The van der Waals surface area contributed by atoms with Crippen molar-refractivity contribution in [3.8, 4) is 5.75 Å². The molecule has 2 aromatic rings. The van der Waals surface area contributed by atoms with Gasteiger partial charge in [-0.1, -0.05) is 41.9 Å². The summed E-state index contributed by atoms with van der Waals surface area (Å²) < 4.78 is 5.52. The van der Waals surface area contributed by atoms with Crippen LogP contribution in [0.1, 0.15) is 25.3 Å². The third-order valence-electron chi connectivity index (χ3n) is 4.33. The minimum absolute atomic E-state index is 0.169. The minimum Gasteiger partial charge on any atom is -0.410 e. The molecule has 2 aromatic carbocycles. The van der Waals surface area contributed by atoms with Gasteiger partial charge >= 0.3 is 6.09 Å². The third-order valence-corrected chi connectivity index (χ3v) is 4.58. The number of hydrogen-bond acceptors (Lipinski definition) is 2. The van der Waals surface area contributed by atoms with Crippen LogP contribution in [0.5, 0.6) is 5.75 Å². The fraction of sp³-hybridized carbons (Fsp3) is 0.316. The first-order chi connectivity index (χ1) is 11.1. The summed E-state index contributed by atoms with van der Waals surface area (Å²) in [7, 11) is 0. The summed E-state index contributed by atoms with van der Waals surface area (Å²) in [6, 6.07) is 17.4. The third kappa shape index (κ3) is 3.85. The minimum atomic E-state index is -0.264. The van der Waals surface area contributed by atoms with E-state index in [4.69, 9.17) is 16.3 Å². The van der Waals surface area contributed by atoms with E-state index >= 15 is 0 Å². The first-order valence-electron chi connectivity index (χ1n) is 7.93. The van der Waals surface area contributed by atoms with Gasteiger partial charge in [0, 0.05) is 17.1 Å². The lowest BCUT2D eigenvalue weighted by Gasteiger charge is -2.27. The van der Waals surface area contributed by atoms with Crippen LogP contribution in [0.15, 0.2) is 54.6 Å². The summed E-state index contributed by atoms with van der Waals surface area (Å²) >= 11 is 5.94. The Balaban J connectivity index is 1.70. The molecule has 0 spiro atoms. The largest absolute Gasteiger partial charge is 0.415 e. The van der Waals surface area contributed by atoms with Gasteiger partial charge in [-0.05, 0) is 56.0 Å². The summed E-state index contributed by atoms with van der Waals surface area (Å²) in [6.45, 7) is 2.08. The van der Waals surface area contributed by atoms with Crippen LogP contribution in [0.25, 0.3) is 0 Å². The number of likely N-dealkylation sites (tertiary alicyclic amines) is 1. The van der Waals surface area contributed by atoms with E-state index in [1.54, 1.807) is 12.1 Å². The van der Waals surface area contributed by atoms with Crippen molar-refractivity contribution in [3.05, 3.63) is 65.2 Å². The summed E-state index contributed by atoms with van der Waals surface area (Å²) in [5, 5.41) is 0.730. The Kier molecular flexibility index (Phi) is 4.87. The predicted molar refractivity (Wildman–Crippen MR) is 91.9 cm³/mol. The zero-order valence-electron chi connectivity index (χ0n) is 13.1. The Morgan fingerprint density at radius 3 is 2.52 bits per heavy atom. The van der Waals surface area contributed by atoms with Gasteiger partial charge in [-0.15, -0.1) is 0 Å². The van der Waals surface area contributed by atoms with E-state index in [1.807, 2.05) is 47.4 Å². The number of hydrogen-bond donors (Lipinski definition) is 0. The summed E-state index contributed by atoms with van der Waals surface area (Å²) in [5.41, 5.74) is 1.19. The van der Waals surface area contributed by atoms with Crippen LogP contribution in [-0.2, 0) is 6.42 Å². The lowest BCUT2D eigenvalue weighted by atomic mass is 10.0. The lowest BCUT2D eigenvalue weighted by Crippen LogP contribution is -2.42. The fourth-order valence-corrected chi connectivity index (χ4v) is 3.26. The quantitative estimate of drug-likeness (QED) is 0.798. The Hall–Kier alpha value is -2.00. The van der Waals surface area contributed by atoms with Crippen molar-refractivity contribution < 1.29 is 9.53 Å². The highest BCUT2D eigenvalue weighted by Crippen LogP contribution is 2.28. The summed E-state index contributed by atoms with van der Waals surface area (Å²) in [6.07, 6.45) is 2.56. The van der Waals surface area contributed by atoms with Gasteiger partial charge < -0.3 is 9.64 Å². The molecule has 0 bridgehead atoms. The molecular formula is C19H20ClNO2. The first kappa shape index (κ1) is 15.9. The molecule has 1 fully saturated rings. The van der Waals surface area contributed by atoms with Crippen LogP contribution in [0.4, 0.5) is 4.79 Å². The van der Waals surface area contributed by atoms with Gasteiger partial charge in [-0.2, -0.15) is 0 Å². The molecule has 23 heavy (non-hydrogen) atoms. The van der Waals surface area contributed by atoms with Gasteiger partial charge in [-0.3, -0.25) is 0 Å². The molecule has 3 nitrogen and oxygen atoms in total. The van der Waals surface area contributed by atoms with Gasteiger partial charge in [-0.25, -0.2) is 4.79 Å². The summed E-state index contributed by atoms with van der Waals surface area (Å²) in [4.78, 5) is 14.4. The molecule has 0 aromatic heterocycles. The number of carbonyl (C=O) groups excluding carboxylic acids is 1. The van der Waals surface area contributed by atoms with E-state index in [2.05, 4.69) is 6.92 Å². The Morgan fingerprint density at radius 2 is 1.83 bits per heavy atom. The van der Waals surface area contributed by atoms with Crippen LogP contribution in [-0.4, -0.2) is 23.1 Å². The second-order valence-corrected chi connectivity index (χ2v) is 6.44. The van der Waals surface area contributed by atoms with Crippen LogP contribution in [0.2, 0.25) is 5.02 Å². The van der Waals surface area contributed by atoms with E-state index in [0.29, 0.717) is 5.75 Å². The molecule has 1 saturated heterocycles. The lowest BCUT2D eigenvalue weighted by molar-refractivity contribution is 0.132. The molecule has 2 unspecified atom stereocenters. The number of ether oxygens (including phenoxy) is 1. The van der Waals surface area contributed by atoms with Gasteiger partial charge in [0.1, 0.15) is 5.75 Å². The monoisotopic (exact) mass is 329 g/mol. The normalized spacial score (nSPS) is 20.5. The molecule has 0 saturated carbocycles.